The van der Waals surface area contributed by atoms with Gasteiger partial charge in [-0.25, -0.2) is 4.68 Å². The lowest BCUT2D eigenvalue weighted by Gasteiger charge is -1.98. The second-order valence-electron chi connectivity index (χ2n) is 4.72. The Morgan fingerprint density at radius 1 is 1.50 bits per heavy atom. The predicted octanol–water partition coefficient (Wildman–Crippen LogP) is 0.517. The minimum absolute atomic E-state index is 0.469. The maximum atomic E-state index is 5.03. The summed E-state index contributed by atoms with van der Waals surface area (Å²) in [5.74, 6) is 2.06. The SMILES string of the molecule is Cc1noc(Cn2cc(CNCC3CC3)nn2)n1. The van der Waals surface area contributed by atoms with E-state index >= 15 is 0 Å². The van der Waals surface area contributed by atoms with E-state index in [1.54, 1.807) is 11.6 Å². The Hall–Kier alpha value is -1.76. The number of hydrogen-bond acceptors (Lipinski definition) is 6. The van der Waals surface area contributed by atoms with Crippen LogP contribution in [-0.4, -0.2) is 31.7 Å². The Morgan fingerprint density at radius 3 is 3.11 bits per heavy atom. The molecule has 7 nitrogen and oxygen atoms in total. The molecule has 7 heteroatoms. The molecule has 0 amide bonds. The minimum Gasteiger partial charge on any atom is -0.337 e. The Bertz CT molecular complexity index is 515. The van der Waals surface area contributed by atoms with Crippen LogP contribution >= 0.6 is 0 Å². The van der Waals surface area contributed by atoms with Gasteiger partial charge < -0.3 is 9.84 Å². The van der Waals surface area contributed by atoms with E-state index in [2.05, 4.69) is 25.8 Å². The molecule has 0 bridgehead atoms. The van der Waals surface area contributed by atoms with Gasteiger partial charge in [0.2, 0.25) is 5.89 Å². The molecule has 2 heterocycles. The number of nitrogens with zero attached hydrogens (tertiary/aromatic N) is 5. The third-order valence-electron chi connectivity index (χ3n) is 2.89. The smallest absolute Gasteiger partial charge is 0.248 e. The number of aromatic nitrogens is 5. The number of aryl methyl sites for hydroxylation is 1. The van der Waals surface area contributed by atoms with E-state index in [9.17, 15) is 0 Å². The van der Waals surface area contributed by atoms with E-state index < -0.39 is 0 Å². The lowest BCUT2D eigenvalue weighted by atomic mass is 10.4. The van der Waals surface area contributed by atoms with Crippen LogP contribution < -0.4 is 5.32 Å². The van der Waals surface area contributed by atoms with Gasteiger partial charge in [-0.2, -0.15) is 4.98 Å². The topological polar surface area (TPSA) is 81.7 Å². The molecule has 1 saturated carbocycles. The first-order chi connectivity index (χ1) is 8.79. The highest BCUT2D eigenvalue weighted by Crippen LogP contribution is 2.27. The fraction of sp³-hybridized carbons (Fsp3) is 0.636. The normalized spacial score (nSPS) is 15.2. The van der Waals surface area contributed by atoms with E-state index in [-0.39, 0.29) is 0 Å². The minimum atomic E-state index is 0.469. The first-order valence-corrected chi connectivity index (χ1v) is 6.18. The Morgan fingerprint density at radius 2 is 2.39 bits per heavy atom. The van der Waals surface area contributed by atoms with Crippen molar-refractivity contribution in [3.63, 3.8) is 0 Å². The van der Waals surface area contributed by atoms with Crippen molar-refractivity contribution in [2.75, 3.05) is 6.54 Å². The molecule has 2 aromatic heterocycles. The molecule has 0 radical (unpaired) electrons. The van der Waals surface area contributed by atoms with Crippen molar-refractivity contribution in [3.05, 3.63) is 23.6 Å². The van der Waals surface area contributed by atoms with Crippen molar-refractivity contribution in [2.45, 2.75) is 32.9 Å². The van der Waals surface area contributed by atoms with Crippen molar-refractivity contribution >= 4 is 0 Å². The molecule has 0 saturated heterocycles. The molecule has 1 aliphatic carbocycles. The van der Waals surface area contributed by atoms with Crippen LogP contribution in [0.3, 0.4) is 0 Å². The molecular weight excluding hydrogens is 232 g/mol. The maximum absolute atomic E-state index is 5.03. The summed E-state index contributed by atoms with van der Waals surface area (Å²) in [6.07, 6.45) is 4.62. The average Bonchev–Trinajstić information content (AvgIpc) is 2.92. The number of nitrogens with one attached hydrogen (secondary N) is 1. The highest BCUT2D eigenvalue weighted by Gasteiger charge is 2.20. The quantitative estimate of drug-likeness (QED) is 0.802. The first-order valence-electron chi connectivity index (χ1n) is 6.18. The fourth-order valence-electron chi connectivity index (χ4n) is 1.77. The summed E-state index contributed by atoms with van der Waals surface area (Å²) in [6, 6.07) is 0. The molecule has 0 unspecified atom stereocenters. The van der Waals surface area contributed by atoms with Gasteiger partial charge in [0.25, 0.3) is 0 Å². The Labute approximate surface area is 105 Å². The summed E-state index contributed by atoms with van der Waals surface area (Å²) in [5.41, 5.74) is 0.937. The van der Waals surface area contributed by atoms with Gasteiger partial charge >= 0.3 is 0 Å². The molecule has 0 aromatic carbocycles. The van der Waals surface area contributed by atoms with Gasteiger partial charge in [-0.1, -0.05) is 10.4 Å². The first kappa shape index (κ1) is 11.3. The van der Waals surface area contributed by atoms with E-state index in [1.807, 2.05) is 6.20 Å². The van der Waals surface area contributed by atoms with E-state index in [4.69, 9.17) is 4.52 Å². The van der Waals surface area contributed by atoms with Gasteiger partial charge in [-0.3, -0.25) is 0 Å². The second-order valence-corrected chi connectivity index (χ2v) is 4.72. The zero-order valence-corrected chi connectivity index (χ0v) is 10.3. The maximum Gasteiger partial charge on any atom is 0.248 e. The molecule has 1 N–H and O–H groups in total. The Kier molecular flexibility index (Phi) is 3.06. The molecule has 0 spiro atoms. The van der Waals surface area contributed by atoms with Crippen LogP contribution in [0.5, 0.6) is 0 Å². The van der Waals surface area contributed by atoms with E-state index in [1.165, 1.54) is 12.8 Å². The van der Waals surface area contributed by atoms with Gasteiger partial charge in [0, 0.05) is 6.54 Å². The van der Waals surface area contributed by atoms with Crippen LogP contribution in [-0.2, 0) is 13.1 Å². The van der Waals surface area contributed by atoms with Gasteiger partial charge in [-0.15, -0.1) is 5.10 Å². The van der Waals surface area contributed by atoms with E-state index in [0.717, 1.165) is 24.7 Å². The molecule has 1 aliphatic rings. The second kappa shape index (κ2) is 4.85. The van der Waals surface area contributed by atoms with Crippen LogP contribution in [0.2, 0.25) is 0 Å². The molecule has 18 heavy (non-hydrogen) atoms. The van der Waals surface area contributed by atoms with Crippen molar-refractivity contribution in [1.82, 2.24) is 30.5 Å². The number of rotatable bonds is 6. The monoisotopic (exact) mass is 248 g/mol. The number of hydrogen-bond donors (Lipinski definition) is 1. The summed E-state index contributed by atoms with van der Waals surface area (Å²) < 4.78 is 6.74. The molecule has 0 aliphatic heterocycles. The molecule has 96 valence electrons. The third-order valence-corrected chi connectivity index (χ3v) is 2.89. The predicted molar refractivity (Wildman–Crippen MR) is 62.6 cm³/mol. The van der Waals surface area contributed by atoms with Crippen LogP contribution in [0.15, 0.2) is 10.7 Å². The summed E-state index contributed by atoms with van der Waals surface area (Å²) in [4.78, 5) is 4.13. The van der Waals surface area contributed by atoms with Crippen molar-refractivity contribution < 1.29 is 4.52 Å². The molecule has 2 aromatic rings. The van der Waals surface area contributed by atoms with Crippen molar-refractivity contribution in [1.29, 1.82) is 0 Å². The highest BCUT2D eigenvalue weighted by molar-refractivity contribution is 4.94. The van der Waals surface area contributed by atoms with Gasteiger partial charge in [-0.05, 0) is 32.2 Å². The lowest BCUT2D eigenvalue weighted by molar-refractivity contribution is 0.361. The summed E-state index contributed by atoms with van der Waals surface area (Å²) >= 11 is 0. The molecular formula is C11H16N6O. The van der Waals surface area contributed by atoms with Crippen molar-refractivity contribution in [2.24, 2.45) is 5.92 Å². The van der Waals surface area contributed by atoms with Crippen molar-refractivity contribution in [3.8, 4) is 0 Å². The largest absolute Gasteiger partial charge is 0.337 e. The Balaban J connectivity index is 1.52. The van der Waals surface area contributed by atoms with Gasteiger partial charge in [0.15, 0.2) is 5.82 Å². The fourth-order valence-corrected chi connectivity index (χ4v) is 1.77. The highest BCUT2D eigenvalue weighted by atomic mass is 16.5. The van der Waals surface area contributed by atoms with Gasteiger partial charge in [0.05, 0.1) is 11.9 Å². The van der Waals surface area contributed by atoms with Crippen LogP contribution in [0.1, 0.15) is 30.3 Å². The third kappa shape index (κ3) is 2.92. The zero-order valence-electron chi connectivity index (χ0n) is 10.3. The van der Waals surface area contributed by atoms with Crippen LogP contribution in [0.4, 0.5) is 0 Å². The average molecular weight is 248 g/mol. The zero-order chi connectivity index (χ0) is 12.4. The summed E-state index contributed by atoms with van der Waals surface area (Å²) in [5, 5.41) is 15.2. The molecule has 0 atom stereocenters. The van der Waals surface area contributed by atoms with Crippen LogP contribution in [0.25, 0.3) is 0 Å². The molecule has 3 rings (SSSR count). The lowest BCUT2D eigenvalue weighted by Crippen LogP contribution is -2.16. The van der Waals surface area contributed by atoms with E-state index in [0.29, 0.717) is 18.3 Å². The standard InChI is InChI=1S/C11H16N6O/c1-8-13-11(18-15-8)7-17-6-10(14-16-17)5-12-4-9-2-3-9/h6,9,12H,2-5,7H2,1H3. The molecule has 1 fully saturated rings. The van der Waals surface area contributed by atoms with Crippen LogP contribution in [0, 0.1) is 12.8 Å². The summed E-state index contributed by atoms with van der Waals surface area (Å²) in [7, 11) is 0. The summed E-state index contributed by atoms with van der Waals surface area (Å²) in [6.45, 7) is 4.10. The van der Waals surface area contributed by atoms with Gasteiger partial charge in [0.1, 0.15) is 6.54 Å².